The molecule has 2 atom stereocenters. The Bertz CT molecular complexity index is 1430. The van der Waals surface area contributed by atoms with E-state index in [1.165, 1.54) is 18.2 Å². The Hall–Kier alpha value is -2.64. The van der Waals surface area contributed by atoms with Crippen LogP contribution in [0.15, 0.2) is 30.5 Å². The van der Waals surface area contributed by atoms with Gasteiger partial charge in [0.25, 0.3) is 5.91 Å². The van der Waals surface area contributed by atoms with Crippen molar-refractivity contribution < 1.29 is 13.2 Å². The Morgan fingerprint density at radius 1 is 1.31 bits per heavy atom. The van der Waals surface area contributed by atoms with Crippen molar-refractivity contribution in [2.24, 2.45) is 11.5 Å². The summed E-state index contributed by atoms with van der Waals surface area (Å²) < 4.78 is 28.0. The number of hydrogen-bond donors (Lipinski definition) is 3. The van der Waals surface area contributed by atoms with E-state index in [0.717, 1.165) is 43.6 Å². The number of unbranched alkanes of at least 4 members (excludes halogenated alkanes) is 1. The highest BCUT2D eigenvalue weighted by atomic mass is 35.5. The van der Waals surface area contributed by atoms with Crippen LogP contribution in [-0.2, 0) is 10.0 Å². The van der Waals surface area contributed by atoms with Gasteiger partial charge in [0, 0.05) is 48.5 Å². The molecule has 214 valence electrons. The number of carbonyl (C=O) groups is 1. The maximum absolute atomic E-state index is 13.9. The van der Waals surface area contributed by atoms with Crippen LogP contribution in [0.2, 0.25) is 5.02 Å². The molecule has 4 rings (SSSR count). The maximum atomic E-state index is 13.9. The van der Waals surface area contributed by atoms with Crippen LogP contribution in [-0.4, -0.2) is 72.3 Å². The smallest absolute Gasteiger partial charge is 0.256 e. The highest BCUT2D eigenvalue weighted by molar-refractivity contribution is 7.92. The standard InChI is InChI=1S/C25H35ClN8O3S.ClH/c1-16-14-34-23(29-24(16)32-11-8-19(28)15-32)13-22(30-34)17(2)33(10-5-4-9-27)25(35)20-12-18(26)6-7-21(20)31-38(3,36)37;/h6-7,12-14,17,19,31H,4-5,8-11,15,27-28H2,1-3H3;1H/t17-,19-;/m0./s1. The lowest BCUT2D eigenvalue weighted by atomic mass is 10.1. The lowest BCUT2D eigenvalue weighted by Crippen LogP contribution is -2.35. The van der Waals surface area contributed by atoms with Gasteiger partial charge in [-0.2, -0.15) is 5.10 Å². The molecular formula is C25H36Cl2N8O3S. The minimum atomic E-state index is -3.62. The molecule has 14 heteroatoms. The third kappa shape index (κ3) is 7.31. The number of sulfonamides is 1. The quantitative estimate of drug-likeness (QED) is 0.301. The van der Waals surface area contributed by atoms with E-state index in [9.17, 15) is 13.2 Å². The molecule has 39 heavy (non-hydrogen) atoms. The predicted molar refractivity (Wildman–Crippen MR) is 157 cm³/mol. The third-order valence-electron chi connectivity index (χ3n) is 6.67. The zero-order valence-corrected chi connectivity index (χ0v) is 24.7. The van der Waals surface area contributed by atoms with Gasteiger partial charge < -0.3 is 21.3 Å². The second-order valence-corrected chi connectivity index (χ2v) is 12.0. The zero-order chi connectivity index (χ0) is 27.6. The molecule has 1 aromatic carbocycles. The molecule has 1 saturated heterocycles. The molecule has 1 aliphatic rings. The van der Waals surface area contributed by atoms with Crippen LogP contribution >= 0.6 is 24.0 Å². The van der Waals surface area contributed by atoms with Gasteiger partial charge in [0.1, 0.15) is 5.82 Å². The maximum Gasteiger partial charge on any atom is 0.256 e. The summed E-state index contributed by atoms with van der Waals surface area (Å²) >= 11 is 6.21. The molecule has 2 aromatic heterocycles. The average Bonchev–Trinajstić information content (AvgIpc) is 3.46. The van der Waals surface area contributed by atoms with Crippen LogP contribution < -0.4 is 21.1 Å². The Morgan fingerprint density at radius 3 is 2.69 bits per heavy atom. The highest BCUT2D eigenvalue weighted by Gasteiger charge is 2.28. The first-order valence-electron chi connectivity index (χ1n) is 12.6. The monoisotopic (exact) mass is 598 g/mol. The second kappa shape index (κ2) is 12.7. The van der Waals surface area contributed by atoms with E-state index in [1.807, 2.05) is 26.1 Å². The van der Waals surface area contributed by atoms with E-state index >= 15 is 0 Å². The van der Waals surface area contributed by atoms with Crippen LogP contribution in [0.5, 0.6) is 0 Å². The molecule has 0 bridgehead atoms. The zero-order valence-electron chi connectivity index (χ0n) is 22.3. The first-order chi connectivity index (χ1) is 18.0. The lowest BCUT2D eigenvalue weighted by molar-refractivity contribution is 0.0684. The number of aryl methyl sites for hydroxylation is 1. The number of halogens is 2. The minimum Gasteiger partial charge on any atom is -0.355 e. The SMILES string of the molecule is Cc1cn2nc([C@H](C)N(CCCCN)C(=O)c3cc(Cl)ccc3NS(C)(=O)=O)cc2nc1N1CC[C@H](N)C1.Cl. The van der Waals surface area contributed by atoms with E-state index in [0.29, 0.717) is 35.9 Å². The second-order valence-electron chi connectivity index (χ2n) is 9.85. The molecule has 0 saturated carbocycles. The number of rotatable bonds is 10. The van der Waals surface area contributed by atoms with E-state index in [1.54, 1.807) is 9.42 Å². The molecule has 3 aromatic rings. The van der Waals surface area contributed by atoms with Gasteiger partial charge in [0.2, 0.25) is 10.0 Å². The van der Waals surface area contributed by atoms with Crippen molar-refractivity contribution in [1.82, 2.24) is 19.5 Å². The van der Waals surface area contributed by atoms with Gasteiger partial charge in [-0.25, -0.2) is 17.9 Å². The molecule has 0 spiro atoms. The summed E-state index contributed by atoms with van der Waals surface area (Å²) in [5, 5.41) is 5.06. The number of anilines is 2. The number of aromatic nitrogens is 3. The summed E-state index contributed by atoms with van der Waals surface area (Å²) in [6.07, 6.45) is 5.30. The highest BCUT2D eigenvalue weighted by Crippen LogP contribution is 2.29. The lowest BCUT2D eigenvalue weighted by Gasteiger charge is -2.29. The number of nitrogens with one attached hydrogen (secondary N) is 1. The van der Waals surface area contributed by atoms with Gasteiger partial charge in [-0.05, 0) is 57.9 Å². The topological polar surface area (TPSA) is 152 Å². The number of hydrogen-bond acceptors (Lipinski definition) is 8. The Labute approximate surface area is 240 Å². The van der Waals surface area contributed by atoms with Gasteiger partial charge in [-0.3, -0.25) is 9.52 Å². The van der Waals surface area contributed by atoms with Crippen molar-refractivity contribution >= 4 is 57.1 Å². The van der Waals surface area contributed by atoms with Crippen molar-refractivity contribution in [2.45, 2.75) is 45.2 Å². The predicted octanol–water partition coefficient (Wildman–Crippen LogP) is 2.96. The van der Waals surface area contributed by atoms with Crippen molar-refractivity contribution in [3.63, 3.8) is 0 Å². The largest absolute Gasteiger partial charge is 0.355 e. The van der Waals surface area contributed by atoms with Crippen molar-refractivity contribution in [1.29, 1.82) is 0 Å². The number of amides is 1. The number of nitrogens with zero attached hydrogens (tertiary/aromatic N) is 5. The van der Waals surface area contributed by atoms with Gasteiger partial charge in [0.15, 0.2) is 5.65 Å². The third-order valence-corrected chi connectivity index (χ3v) is 7.49. The summed E-state index contributed by atoms with van der Waals surface area (Å²) in [6, 6.07) is 6.07. The number of nitrogens with two attached hydrogens (primary N) is 2. The molecule has 0 radical (unpaired) electrons. The molecular weight excluding hydrogens is 563 g/mol. The van der Waals surface area contributed by atoms with Crippen LogP contribution in [0.1, 0.15) is 53.8 Å². The van der Waals surface area contributed by atoms with Crippen LogP contribution in [0.3, 0.4) is 0 Å². The number of benzene rings is 1. The molecule has 11 nitrogen and oxygen atoms in total. The molecule has 1 aliphatic heterocycles. The van der Waals surface area contributed by atoms with Gasteiger partial charge >= 0.3 is 0 Å². The normalized spacial score (nSPS) is 16.3. The summed E-state index contributed by atoms with van der Waals surface area (Å²) in [5.41, 5.74) is 14.5. The molecule has 3 heterocycles. The molecule has 0 unspecified atom stereocenters. The van der Waals surface area contributed by atoms with Crippen LogP contribution in [0.25, 0.3) is 5.65 Å². The van der Waals surface area contributed by atoms with Gasteiger partial charge in [-0.1, -0.05) is 11.6 Å². The van der Waals surface area contributed by atoms with E-state index < -0.39 is 16.1 Å². The fourth-order valence-electron chi connectivity index (χ4n) is 4.72. The van der Waals surface area contributed by atoms with Crippen molar-refractivity contribution in [3.05, 3.63) is 52.3 Å². The van der Waals surface area contributed by atoms with E-state index in [-0.39, 0.29) is 35.6 Å². The average molecular weight is 600 g/mol. The van der Waals surface area contributed by atoms with Crippen molar-refractivity contribution in [3.8, 4) is 0 Å². The van der Waals surface area contributed by atoms with Gasteiger partial charge in [0.05, 0.1) is 29.2 Å². The first-order valence-corrected chi connectivity index (χ1v) is 14.9. The minimum absolute atomic E-state index is 0. The van der Waals surface area contributed by atoms with E-state index in [4.69, 9.17) is 33.2 Å². The molecule has 1 fully saturated rings. The molecule has 0 aliphatic carbocycles. The van der Waals surface area contributed by atoms with Crippen LogP contribution in [0, 0.1) is 6.92 Å². The van der Waals surface area contributed by atoms with E-state index in [2.05, 4.69) is 9.62 Å². The molecule has 5 N–H and O–H groups in total. The fourth-order valence-corrected chi connectivity index (χ4v) is 5.47. The Kier molecular flexibility index (Phi) is 10.1. The summed E-state index contributed by atoms with van der Waals surface area (Å²) in [5.74, 6) is 0.520. The number of carbonyl (C=O) groups excluding carboxylic acids is 1. The summed E-state index contributed by atoms with van der Waals surface area (Å²) in [6.45, 7) is 6.40. The number of fused-ring (bicyclic) bond motifs is 1. The summed E-state index contributed by atoms with van der Waals surface area (Å²) in [7, 11) is -3.62. The molecule has 1 amide bonds. The Morgan fingerprint density at radius 2 is 2.05 bits per heavy atom. The Balaban J connectivity index is 0.00000420. The fraction of sp³-hybridized carbons (Fsp3) is 0.480. The summed E-state index contributed by atoms with van der Waals surface area (Å²) in [4.78, 5) is 22.6. The van der Waals surface area contributed by atoms with Gasteiger partial charge in [-0.15, -0.1) is 12.4 Å². The van der Waals surface area contributed by atoms with Crippen molar-refractivity contribution in [2.75, 3.05) is 42.1 Å². The first kappa shape index (κ1) is 30.9. The van der Waals surface area contributed by atoms with Crippen LogP contribution in [0.4, 0.5) is 11.5 Å².